The van der Waals surface area contributed by atoms with Gasteiger partial charge in [-0.25, -0.2) is 0 Å². The Balaban J connectivity index is 0.000000288. The fourth-order valence-electron chi connectivity index (χ4n) is 6.29. The smallest absolute Gasteiger partial charge is 0.451 e. The molecule has 6 aromatic rings. The van der Waals surface area contributed by atoms with Gasteiger partial charge in [-0.1, -0.05) is 115 Å². The summed E-state index contributed by atoms with van der Waals surface area (Å²) in [7, 11) is -4.99. The van der Waals surface area contributed by atoms with E-state index in [0.717, 1.165) is 44.1 Å². The summed E-state index contributed by atoms with van der Waals surface area (Å²) in [5.41, 5.74) is 1.55. The summed E-state index contributed by atoms with van der Waals surface area (Å²) >= 11 is 0. The van der Waals surface area contributed by atoms with E-state index in [9.17, 15) is 9.90 Å². The number of allylic oxidation sites excluding steroid dienone is 2. The summed E-state index contributed by atoms with van der Waals surface area (Å²) in [5.74, 6) is 0.629. The third kappa shape index (κ3) is 6.86. The zero-order valence-electron chi connectivity index (χ0n) is 29.3. The van der Waals surface area contributed by atoms with E-state index in [1.807, 2.05) is 71.9 Å². The van der Waals surface area contributed by atoms with E-state index in [2.05, 4.69) is 55.2 Å². The zero-order chi connectivity index (χ0) is 34.8. The van der Waals surface area contributed by atoms with Crippen LogP contribution in [0, 0.1) is 22.8 Å². The van der Waals surface area contributed by atoms with Crippen molar-refractivity contribution < 1.29 is 38.2 Å². The van der Waals surface area contributed by atoms with Crippen LogP contribution in [0.5, 0.6) is 0 Å². The van der Waals surface area contributed by atoms with Crippen molar-refractivity contribution in [1.29, 1.82) is 0 Å². The molecule has 0 fully saturated rings. The average molecular weight is 851 g/mol. The van der Waals surface area contributed by atoms with E-state index < -0.39 is 14.2 Å². The summed E-state index contributed by atoms with van der Waals surface area (Å²) in [6, 6.07) is 26.9. The number of hydrogen-bond acceptors (Lipinski definition) is 3. The third-order valence-corrected chi connectivity index (χ3v) is 11.2. The van der Waals surface area contributed by atoms with Crippen molar-refractivity contribution >= 4 is 68.0 Å². The van der Waals surface area contributed by atoms with Gasteiger partial charge in [0.15, 0.2) is 5.78 Å². The first-order valence-corrected chi connectivity index (χ1v) is 18.3. The number of ketones is 1. The molecule has 0 unspecified atom stereocenters. The van der Waals surface area contributed by atoms with Crippen molar-refractivity contribution in [2.75, 3.05) is 0 Å². The Hall–Kier alpha value is -3.77. The van der Waals surface area contributed by atoms with Gasteiger partial charge in [-0.2, -0.15) is 0 Å². The molecule has 7 heteroatoms. The molecule has 0 spiro atoms. The molecule has 5 aromatic carbocycles. The molecule has 2 heterocycles. The van der Waals surface area contributed by atoms with E-state index >= 15 is 8.22 Å². The number of aliphatic hydroxyl groups excluding tert-OH is 1. The van der Waals surface area contributed by atoms with Gasteiger partial charge in [0, 0.05) is 54.1 Å². The number of aliphatic hydroxyl groups is 1. The topological polar surface area (TPSA) is 50.2 Å². The van der Waals surface area contributed by atoms with Gasteiger partial charge in [0.25, 0.3) is 0 Å². The van der Waals surface area contributed by atoms with Gasteiger partial charge >= 0.3 is 8.74 Å². The molecule has 0 saturated carbocycles. The number of carbonyl (C=O) groups is 1. The fourth-order valence-corrected chi connectivity index (χ4v) is 8.31. The maximum atomic E-state index is 16.5. The Morgan fingerprint density at radius 3 is 2.20 bits per heavy atom. The Kier molecular flexibility index (Phi) is 9.81. The van der Waals surface area contributed by atoms with E-state index in [-0.39, 0.29) is 47.4 Å². The van der Waals surface area contributed by atoms with Crippen LogP contribution >= 0.6 is 0 Å². The molecule has 0 atom stereocenters. The molecule has 255 valence electrons. The van der Waals surface area contributed by atoms with Crippen molar-refractivity contribution in [3.63, 3.8) is 0 Å². The van der Waals surface area contributed by atoms with Crippen LogP contribution in [0.15, 0.2) is 90.8 Å². The molecule has 0 amide bonds. The van der Waals surface area contributed by atoms with Crippen molar-refractivity contribution in [3.8, 4) is 11.3 Å². The zero-order valence-corrected chi connectivity index (χ0v) is 32.7. The minimum atomic E-state index is -4.99. The minimum absolute atomic E-state index is 0. The number of hydrogen-bond donors (Lipinski definition) is 1. The largest absolute Gasteiger partial charge is 0.512 e. The number of nitrogens with zero attached hydrogens (tertiary/aromatic N) is 1. The Morgan fingerprint density at radius 2 is 1.53 bits per heavy atom. The Morgan fingerprint density at radius 1 is 0.837 bits per heavy atom. The third-order valence-electron chi connectivity index (χ3n) is 9.05. The number of pyridine rings is 1. The molecule has 0 bridgehead atoms. The summed E-state index contributed by atoms with van der Waals surface area (Å²) in [4.78, 5) is 16.1. The van der Waals surface area contributed by atoms with Crippen molar-refractivity contribution in [1.82, 2.24) is 4.98 Å². The Labute approximate surface area is 302 Å². The molecule has 3 nitrogen and oxygen atoms in total. The Bertz CT molecular complexity index is 2280. The monoisotopic (exact) mass is 851 g/mol. The molecule has 1 N–H and O–H groups in total. The van der Waals surface area contributed by atoms with Crippen LogP contribution in [0.3, 0.4) is 0 Å². The number of fused-ring (bicyclic) bond motifs is 7. The van der Waals surface area contributed by atoms with Gasteiger partial charge in [0.05, 0.1) is 0 Å². The molecule has 1 aliphatic heterocycles. The first kappa shape index (κ1) is 36.5. The first-order chi connectivity index (χ1) is 22.5. The second-order valence-electron chi connectivity index (χ2n) is 15.4. The quantitative estimate of drug-likeness (QED) is 0.0482. The van der Waals surface area contributed by atoms with Crippen LogP contribution in [-0.4, -0.2) is 24.6 Å². The SMILES string of the molecule is CC(C)(C)C(=O)/C=C(\O)C(C)(C)C.CC(C)Cc1ccc2ccc3c4ccnc5c4c(cc3c2c1)[Si](F)(F)c1cc2ccccc2[c-]c1-5.[Ir]. The van der Waals surface area contributed by atoms with Gasteiger partial charge in [-0.15, -0.1) is 23.6 Å². The standard InChI is InChI=1S/C31H22F2NSi.C11H20O2.Ir/c1-18(2)13-19-7-8-20-9-10-23-24-11-12-34-31-27-15-21-5-3-4-6-22(21)16-28(27)35(32,33)29(30(24)31)17-26(23)25(20)14-19;1-10(2,3)8(12)7-9(13)11(4,5)6;/h3-12,14,16-18H,13H2,1-2H3;7,12H,1-6H3;/q-1;;/b;8-7-;. The number of aromatic nitrogens is 1. The minimum Gasteiger partial charge on any atom is -0.512 e. The van der Waals surface area contributed by atoms with Crippen LogP contribution in [0.2, 0.25) is 0 Å². The van der Waals surface area contributed by atoms with Crippen LogP contribution in [0.25, 0.3) is 54.3 Å². The molecule has 49 heavy (non-hydrogen) atoms. The maximum absolute atomic E-state index is 16.5. The van der Waals surface area contributed by atoms with Gasteiger partial charge in [-0.05, 0) is 67.5 Å². The molecule has 1 aromatic heterocycles. The van der Waals surface area contributed by atoms with Crippen molar-refractivity contribution in [2.45, 2.75) is 61.8 Å². The van der Waals surface area contributed by atoms with E-state index in [4.69, 9.17) is 0 Å². The van der Waals surface area contributed by atoms with E-state index in [1.54, 1.807) is 18.3 Å². The van der Waals surface area contributed by atoms with Crippen LogP contribution in [0.1, 0.15) is 61.0 Å². The van der Waals surface area contributed by atoms with Crippen molar-refractivity contribution in [2.24, 2.45) is 16.7 Å². The number of halogens is 2. The van der Waals surface area contributed by atoms with E-state index in [0.29, 0.717) is 22.6 Å². The molecule has 0 aliphatic carbocycles. The van der Waals surface area contributed by atoms with Crippen molar-refractivity contribution in [3.05, 3.63) is 102 Å². The fraction of sp³-hybridized carbons (Fsp3) is 0.286. The maximum Gasteiger partial charge on any atom is 0.451 e. The predicted octanol–water partition coefficient (Wildman–Crippen LogP) is 10.3. The molecule has 0 saturated heterocycles. The molecule has 7 rings (SSSR count). The van der Waals surface area contributed by atoms with Gasteiger partial charge in [0.2, 0.25) is 0 Å². The second-order valence-corrected chi connectivity index (χ2v) is 17.7. The van der Waals surface area contributed by atoms with Crippen LogP contribution in [0.4, 0.5) is 8.22 Å². The normalized spacial score (nSPS) is 14.1. The molecular weight excluding hydrogens is 809 g/mol. The van der Waals surface area contributed by atoms with Crippen LogP contribution < -0.4 is 10.4 Å². The number of carbonyl (C=O) groups excluding carboxylic acids is 1. The molecular formula is C42H42F2IrNO2Si-. The summed E-state index contributed by atoms with van der Waals surface area (Å²) in [6.07, 6.45) is 4.04. The van der Waals surface area contributed by atoms with Crippen LogP contribution in [-0.2, 0) is 31.3 Å². The van der Waals surface area contributed by atoms with E-state index in [1.165, 1.54) is 11.6 Å². The molecule has 1 aliphatic rings. The number of rotatable bonds is 3. The predicted molar refractivity (Wildman–Crippen MR) is 199 cm³/mol. The number of benzene rings is 5. The average Bonchev–Trinajstić information content (AvgIpc) is 3.01. The van der Waals surface area contributed by atoms with Gasteiger partial charge < -0.3 is 5.11 Å². The van der Waals surface area contributed by atoms with Gasteiger partial charge in [0.1, 0.15) is 5.76 Å². The molecule has 1 radical (unpaired) electrons. The van der Waals surface area contributed by atoms with Gasteiger partial charge in [-0.3, -0.25) is 18.0 Å². The summed E-state index contributed by atoms with van der Waals surface area (Å²) in [5, 5.41) is 16.9. The summed E-state index contributed by atoms with van der Waals surface area (Å²) in [6.45, 7) is 15.5. The summed E-state index contributed by atoms with van der Waals surface area (Å²) < 4.78 is 32.9. The second kappa shape index (κ2) is 13.2. The first-order valence-electron chi connectivity index (χ1n) is 16.5.